The fraction of sp³-hybridized carbons (Fsp3) is 0.727. The molecule has 14 heavy (non-hydrogen) atoms. The Morgan fingerprint density at radius 2 is 2.00 bits per heavy atom. The van der Waals surface area contributed by atoms with Gasteiger partial charge in [0.15, 0.2) is 0 Å². The second-order valence-corrected chi connectivity index (χ2v) is 2.94. The highest BCUT2D eigenvalue weighted by Crippen LogP contribution is 2.05. The molecule has 0 aliphatic rings. The van der Waals surface area contributed by atoms with Crippen LogP contribution in [0.5, 0.6) is 0 Å². The maximum absolute atomic E-state index is 11.0. The Kier molecular flexibility index (Phi) is 8.24. The van der Waals surface area contributed by atoms with Crippen LogP contribution in [-0.4, -0.2) is 25.8 Å². The van der Waals surface area contributed by atoms with Gasteiger partial charge in [0.25, 0.3) is 0 Å². The van der Waals surface area contributed by atoms with Gasteiger partial charge in [0.2, 0.25) is 0 Å². The summed E-state index contributed by atoms with van der Waals surface area (Å²) in [4.78, 5) is 11.0. The van der Waals surface area contributed by atoms with Crippen molar-refractivity contribution in [3.63, 3.8) is 0 Å². The molecule has 1 unspecified atom stereocenters. The topological polar surface area (TPSA) is 35.5 Å². The van der Waals surface area contributed by atoms with E-state index in [9.17, 15) is 4.79 Å². The monoisotopic (exact) mass is 200 g/mol. The molecule has 0 bridgehead atoms. The van der Waals surface area contributed by atoms with Crippen molar-refractivity contribution in [1.82, 2.24) is 0 Å². The second kappa shape index (κ2) is 8.75. The summed E-state index contributed by atoms with van der Waals surface area (Å²) in [6.45, 7) is 7.63. The molecule has 82 valence electrons. The van der Waals surface area contributed by atoms with Gasteiger partial charge in [-0.25, -0.2) is 4.79 Å². The van der Waals surface area contributed by atoms with Crippen molar-refractivity contribution in [2.45, 2.75) is 27.2 Å². The number of esters is 1. The van der Waals surface area contributed by atoms with Gasteiger partial charge in [-0.2, -0.15) is 0 Å². The molecule has 0 aliphatic heterocycles. The minimum absolute atomic E-state index is 0.276. The highest BCUT2D eigenvalue weighted by atomic mass is 16.5. The third-order valence-corrected chi connectivity index (χ3v) is 1.85. The van der Waals surface area contributed by atoms with E-state index in [2.05, 4.69) is 6.92 Å². The summed E-state index contributed by atoms with van der Waals surface area (Å²) in [5, 5.41) is 0. The van der Waals surface area contributed by atoms with Crippen LogP contribution in [0.2, 0.25) is 0 Å². The summed E-state index contributed by atoms with van der Waals surface area (Å²) in [5.74, 6) is 0.0294. The molecule has 0 rings (SSSR count). The molecule has 0 radical (unpaired) electrons. The molecule has 0 spiro atoms. The molecule has 0 aliphatic carbocycles. The van der Waals surface area contributed by atoms with Crippen LogP contribution in [0.1, 0.15) is 27.2 Å². The maximum Gasteiger partial charge on any atom is 0.330 e. The summed E-state index contributed by atoms with van der Waals surface area (Å²) in [7, 11) is 0. The zero-order valence-corrected chi connectivity index (χ0v) is 9.29. The lowest BCUT2D eigenvalue weighted by Gasteiger charge is -2.08. The Morgan fingerprint density at radius 3 is 2.50 bits per heavy atom. The van der Waals surface area contributed by atoms with E-state index in [4.69, 9.17) is 9.47 Å². The van der Waals surface area contributed by atoms with E-state index in [1.54, 1.807) is 6.92 Å². The highest BCUT2D eigenvalue weighted by Gasteiger charge is 2.02. The van der Waals surface area contributed by atoms with Crippen LogP contribution in [-0.2, 0) is 14.3 Å². The van der Waals surface area contributed by atoms with Gasteiger partial charge >= 0.3 is 5.97 Å². The van der Waals surface area contributed by atoms with Crippen molar-refractivity contribution in [2.24, 2.45) is 5.92 Å². The van der Waals surface area contributed by atoms with Crippen LogP contribution < -0.4 is 0 Å². The number of carbonyl (C=O) groups excluding carboxylic acids is 1. The van der Waals surface area contributed by atoms with Crippen LogP contribution >= 0.6 is 0 Å². The quantitative estimate of drug-likeness (QED) is 0.466. The Hall–Kier alpha value is -0.830. The molecule has 0 heterocycles. The number of ether oxygens (including phenoxy) is 2. The second-order valence-electron chi connectivity index (χ2n) is 2.94. The van der Waals surface area contributed by atoms with Crippen LogP contribution in [0, 0.1) is 5.92 Å². The predicted octanol–water partition coefficient (Wildman–Crippen LogP) is 2.17. The molecular formula is C11H20O3. The number of hydrogen-bond donors (Lipinski definition) is 0. The average molecular weight is 200 g/mol. The van der Waals surface area contributed by atoms with Gasteiger partial charge < -0.3 is 9.47 Å². The van der Waals surface area contributed by atoms with Crippen LogP contribution in [0.3, 0.4) is 0 Å². The van der Waals surface area contributed by atoms with E-state index in [1.807, 2.05) is 13.0 Å². The molecule has 0 aromatic rings. The summed E-state index contributed by atoms with van der Waals surface area (Å²) < 4.78 is 10.1. The summed E-state index contributed by atoms with van der Waals surface area (Å²) in [5.41, 5.74) is 0. The largest absolute Gasteiger partial charge is 0.463 e. The molecule has 0 saturated carbocycles. The van der Waals surface area contributed by atoms with Crippen molar-refractivity contribution in [3.8, 4) is 0 Å². The molecule has 0 fully saturated rings. The van der Waals surface area contributed by atoms with E-state index >= 15 is 0 Å². The summed E-state index contributed by atoms with van der Waals surface area (Å²) >= 11 is 0. The first-order valence-corrected chi connectivity index (χ1v) is 5.17. The minimum atomic E-state index is -0.276. The SMILES string of the molecule is CCOCC(C=CC(=O)OCC)CC. The third kappa shape index (κ3) is 6.66. The molecule has 1 atom stereocenters. The normalized spacial score (nSPS) is 13.1. The molecule has 0 saturated heterocycles. The maximum atomic E-state index is 11.0. The first-order chi connectivity index (χ1) is 6.74. The molecule has 3 heteroatoms. The third-order valence-electron chi connectivity index (χ3n) is 1.85. The van der Waals surface area contributed by atoms with Crippen LogP contribution in [0.4, 0.5) is 0 Å². The summed E-state index contributed by atoms with van der Waals surface area (Å²) in [6, 6.07) is 0. The predicted molar refractivity (Wildman–Crippen MR) is 56.0 cm³/mol. The van der Waals surface area contributed by atoms with Gasteiger partial charge in [0, 0.05) is 18.6 Å². The molecule has 0 amide bonds. The fourth-order valence-corrected chi connectivity index (χ4v) is 0.984. The summed E-state index contributed by atoms with van der Waals surface area (Å²) in [6.07, 6.45) is 4.31. The molecule has 0 aromatic carbocycles. The Bertz CT molecular complexity index is 175. The van der Waals surface area contributed by atoms with Gasteiger partial charge in [0.1, 0.15) is 0 Å². The zero-order chi connectivity index (χ0) is 10.8. The smallest absolute Gasteiger partial charge is 0.330 e. The molecular weight excluding hydrogens is 180 g/mol. The van der Waals surface area contributed by atoms with Crippen molar-refractivity contribution in [2.75, 3.05) is 19.8 Å². The zero-order valence-electron chi connectivity index (χ0n) is 9.29. The van der Waals surface area contributed by atoms with Crippen LogP contribution in [0.15, 0.2) is 12.2 Å². The van der Waals surface area contributed by atoms with Gasteiger partial charge in [-0.15, -0.1) is 0 Å². The first-order valence-electron chi connectivity index (χ1n) is 5.17. The van der Waals surface area contributed by atoms with E-state index in [1.165, 1.54) is 6.08 Å². The van der Waals surface area contributed by atoms with E-state index < -0.39 is 0 Å². The van der Waals surface area contributed by atoms with E-state index in [0.717, 1.165) is 6.42 Å². The first kappa shape index (κ1) is 13.2. The standard InChI is InChI=1S/C11H20O3/c1-4-10(9-13-5-2)7-8-11(12)14-6-3/h7-8,10H,4-6,9H2,1-3H3. The van der Waals surface area contributed by atoms with Gasteiger partial charge in [-0.3, -0.25) is 0 Å². The highest BCUT2D eigenvalue weighted by molar-refractivity contribution is 5.81. The van der Waals surface area contributed by atoms with Crippen molar-refractivity contribution in [3.05, 3.63) is 12.2 Å². The Labute approximate surface area is 86.1 Å². The van der Waals surface area contributed by atoms with Gasteiger partial charge in [-0.1, -0.05) is 13.0 Å². The number of rotatable bonds is 7. The van der Waals surface area contributed by atoms with E-state index in [0.29, 0.717) is 25.7 Å². The minimum Gasteiger partial charge on any atom is -0.463 e. The molecule has 3 nitrogen and oxygen atoms in total. The molecule has 0 N–H and O–H groups in total. The lowest BCUT2D eigenvalue weighted by molar-refractivity contribution is -0.137. The van der Waals surface area contributed by atoms with E-state index in [-0.39, 0.29) is 5.97 Å². The Balaban J connectivity index is 3.84. The lowest BCUT2D eigenvalue weighted by Crippen LogP contribution is -2.07. The van der Waals surface area contributed by atoms with Gasteiger partial charge in [0.05, 0.1) is 13.2 Å². The number of carbonyl (C=O) groups is 1. The molecule has 0 aromatic heterocycles. The Morgan fingerprint density at radius 1 is 1.29 bits per heavy atom. The van der Waals surface area contributed by atoms with Crippen LogP contribution in [0.25, 0.3) is 0 Å². The van der Waals surface area contributed by atoms with Gasteiger partial charge in [-0.05, 0) is 20.3 Å². The van der Waals surface area contributed by atoms with Crippen molar-refractivity contribution in [1.29, 1.82) is 0 Å². The lowest BCUT2D eigenvalue weighted by atomic mass is 10.1. The van der Waals surface area contributed by atoms with Crippen molar-refractivity contribution >= 4 is 5.97 Å². The average Bonchev–Trinajstić information content (AvgIpc) is 2.19. The van der Waals surface area contributed by atoms with Crippen molar-refractivity contribution < 1.29 is 14.3 Å². The number of hydrogen-bond acceptors (Lipinski definition) is 3. The fourth-order valence-electron chi connectivity index (χ4n) is 0.984.